The number of hydrogen-bond acceptors (Lipinski definition) is 14. The van der Waals surface area contributed by atoms with Crippen molar-refractivity contribution in [1.82, 2.24) is 0 Å². The van der Waals surface area contributed by atoms with Gasteiger partial charge in [-0.15, -0.1) is 23.5 Å². The van der Waals surface area contributed by atoms with Crippen LogP contribution in [0.4, 0.5) is 26.3 Å². The first-order valence-corrected chi connectivity index (χ1v) is 20.9. The molecule has 4 aliphatic rings. The lowest BCUT2D eigenvalue weighted by molar-refractivity contribution is -0.258. The monoisotopic (exact) mass is 908 g/mol. The average molecular weight is 909 g/mol. The molecule has 2 aliphatic carbocycles. The second kappa shape index (κ2) is 17.5. The van der Waals surface area contributed by atoms with Gasteiger partial charge in [0.25, 0.3) is 0 Å². The van der Waals surface area contributed by atoms with Crippen LogP contribution in [-0.4, -0.2) is 101 Å². The van der Waals surface area contributed by atoms with Crippen molar-refractivity contribution in [1.29, 1.82) is 0 Å². The van der Waals surface area contributed by atoms with Crippen LogP contribution in [0.1, 0.15) is 69.2 Å². The molecule has 0 saturated heterocycles. The summed E-state index contributed by atoms with van der Waals surface area (Å²) in [6.07, 6.45) is 1.57. The zero-order valence-corrected chi connectivity index (χ0v) is 36.6. The number of esters is 4. The predicted molar refractivity (Wildman–Crippen MR) is 207 cm³/mol. The fourth-order valence-corrected chi connectivity index (χ4v) is 12.0. The highest BCUT2D eigenvalue weighted by atomic mass is 32.2. The van der Waals surface area contributed by atoms with E-state index in [0.29, 0.717) is 23.5 Å². The second-order valence-electron chi connectivity index (χ2n) is 15.1. The number of ketones is 4. The van der Waals surface area contributed by atoms with Crippen LogP contribution in [0.5, 0.6) is 0 Å². The van der Waals surface area contributed by atoms with Crippen molar-refractivity contribution < 1.29 is 83.6 Å². The minimum atomic E-state index is -6.09. The molecular weight excluding hydrogens is 863 g/mol. The first-order chi connectivity index (χ1) is 28.1. The first kappa shape index (κ1) is 49.5. The molecule has 12 nitrogen and oxygen atoms in total. The molecule has 0 radical (unpaired) electrons. The van der Waals surface area contributed by atoms with Crippen molar-refractivity contribution in [2.45, 2.75) is 96.5 Å². The second-order valence-corrected chi connectivity index (χ2v) is 18.1. The minimum absolute atomic E-state index is 0.309. The Morgan fingerprint density at radius 3 is 0.918 bits per heavy atom. The van der Waals surface area contributed by atoms with Gasteiger partial charge in [0.1, 0.15) is 46.8 Å². The van der Waals surface area contributed by atoms with Crippen LogP contribution < -0.4 is 0 Å². The Morgan fingerprint density at radius 2 is 0.721 bits per heavy atom. The zero-order chi connectivity index (χ0) is 46.5. The highest BCUT2D eigenvalue weighted by Crippen LogP contribution is 2.75. The van der Waals surface area contributed by atoms with E-state index in [0.717, 1.165) is 39.8 Å². The molecular formula is C41H46F6O12S2. The van der Waals surface area contributed by atoms with Gasteiger partial charge in [0, 0.05) is 23.0 Å². The highest BCUT2D eigenvalue weighted by molar-refractivity contribution is 8.09. The Balaban J connectivity index is 2.19. The third-order valence-corrected chi connectivity index (χ3v) is 14.8. The minimum Gasteiger partial charge on any atom is -0.465 e. The number of allylic oxidation sites excluding steroid dienone is 6. The average Bonchev–Trinajstić information content (AvgIpc) is 3.70. The smallest absolute Gasteiger partial charge is 0.380 e. The summed E-state index contributed by atoms with van der Waals surface area (Å²) in [5, 5.41) is 0. The van der Waals surface area contributed by atoms with Crippen LogP contribution in [0.15, 0.2) is 44.3 Å². The van der Waals surface area contributed by atoms with Gasteiger partial charge in [-0.25, -0.2) is 0 Å². The van der Waals surface area contributed by atoms with E-state index in [9.17, 15) is 38.4 Å². The molecule has 20 heteroatoms. The van der Waals surface area contributed by atoms with Crippen molar-refractivity contribution in [3.63, 3.8) is 0 Å². The van der Waals surface area contributed by atoms with E-state index in [1.54, 1.807) is 0 Å². The van der Waals surface area contributed by atoms with Crippen LogP contribution in [0.3, 0.4) is 0 Å². The summed E-state index contributed by atoms with van der Waals surface area (Å²) in [6, 6.07) is 0. The number of halogens is 6. The molecule has 0 aromatic heterocycles. The quantitative estimate of drug-likeness (QED) is 0.0623. The normalized spacial score (nSPS) is 25.9. The van der Waals surface area contributed by atoms with E-state index >= 15 is 26.3 Å². The molecule has 1 fully saturated rings. The number of carbonyl (C=O) groups excluding carboxylic acids is 8. The summed E-state index contributed by atoms with van der Waals surface area (Å²) in [5.41, 5.74) is -5.36. The summed E-state index contributed by atoms with van der Waals surface area (Å²) in [4.78, 5) is 107. The number of carbonyl (C=O) groups is 8. The van der Waals surface area contributed by atoms with Gasteiger partial charge in [-0.1, -0.05) is 0 Å². The molecule has 0 amide bonds. The molecule has 61 heavy (non-hydrogen) atoms. The number of thioether (sulfide) groups is 2. The summed E-state index contributed by atoms with van der Waals surface area (Å²) in [6.45, 7) is 10.4. The van der Waals surface area contributed by atoms with Gasteiger partial charge < -0.3 is 18.9 Å². The topological polar surface area (TPSA) is 173 Å². The third-order valence-electron chi connectivity index (χ3n) is 11.4. The summed E-state index contributed by atoms with van der Waals surface area (Å²) in [7, 11) is 0. The maximum absolute atomic E-state index is 16.4. The van der Waals surface area contributed by atoms with Crippen molar-refractivity contribution >= 4 is 70.5 Å². The molecule has 0 aromatic rings. The fourth-order valence-electron chi connectivity index (χ4n) is 8.52. The molecule has 0 aromatic carbocycles. The maximum atomic E-state index is 16.4. The molecule has 0 N–H and O–H groups in total. The van der Waals surface area contributed by atoms with E-state index in [2.05, 4.69) is 0 Å². The van der Waals surface area contributed by atoms with Crippen molar-refractivity contribution in [3.8, 4) is 0 Å². The van der Waals surface area contributed by atoms with Crippen LogP contribution in [0.2, 0.25) is 0 Å². The highest BCUT2D eigenvalue weighted by Gasteiger charge is 2.84. The van der Waals surface area contributed by atoms with E-state index in [-0.39, 0.29) is 36.2 Å². The summed E-state index contributed by atoms with van der Waals surface area (Å²) < 4.78 is 113. The Morgan fingerprint density at radius 1 is 0.492 bits per heavy atom. The van der Waals surface area contributed by atoms with Gasteiger partial charge in [-0.3, -0.25) is 38.4 Å². The molecule has 336 valence electrons. The number of fused-ring (bicyclic) bond motifs is 4. The molecule has 4 rings (SSSR count). The van der Waals surface area contributed by atoms with Crippen molar-refractivity contribution in [2.75, 3.05) is 26.4 Å². The maximum Gasteiger partial charge on any atom is 0.380 e. The summed E-state index contributed by atoms with van der Waals surface area (Å²) >= 11 is 1.04. The number of ether oxygens (including phenoxy) is 4. The number of Topliss-reactive ketones (excluding diaryl/α,β-unsaturated/α-hetero) is 4. The van der Waals surface area contributed by atoms with Gasteiger partial charge in [-0.05, 0) is 102 Å². The Bertz CT molecular complexity index is 1860. The molecule has 0 spiro atoms. The third kappa shape index (κ3) is 7.70. The first-order valence-electron chi connectivity index (χ1n) is 19.3. The number of rotatable bonds is 18. The van der Waals surface area contributed by atoms with Gasteiger partial charge in [0.15, 0.2) is 0 Å². The van der Waals surface area contributed by atoms with Crippen molar-refractivity contribution in [3.05, 3.63) is 44.3 Å². The van der Waals surface area contributed by atoms with Gasteiger partial charge in [0.2, 0.25) is 0 Å². The van der Waals surface area contributed by atoms with Gasteiger partial charge in [0.05, 0.1) is 35.9 Å². The zero-order valence-electron chi connectivity index (χ0n) is 34.9. The lowest BCUT2D eigenvalue weighted by Crippen LogP contribution is -2.49. The van der Waals surface area contributed by atoms with Crippen LogP contribution >= 0.6 is 23.5 Å². The predicted octanol–water partition coefficient (Wildman–Crippen LogP) is 6.60. The fraction of sp³-hybridized carbons (Fsp3) is 0.610. The standard InChI is InChI=1S/C41H46F6O12S2/c1-11-56-33(52)25(17(5)48)29(26(18(6)49)34(53)57-12-2)23-15-21-31-32(40(44,45)41(46,47)39(31,42)43)22-16-24(61-38(22,10)37(21,9)60-23)30(27(19(7)50)35(54)58-13-3)28(20(8)51)36(55)59-14-4/h15-16,25-30H,11-14H2,1-10H3. The van der Waals surface area contributed by atoms with Crippen LogP contribution in [0.25, 0.3) is 0 Å². The lowest BCUT2D eigenvalue weighted by Gasteiger charge is -2.47. The lowest BCUT2D eigenvalue weighted by atomic mass is 9.70. The van der Waals surface area contributed by atoms with Crippen LogP contribution in [0, 0.1) is 35.5 Å². The molecule has 0 bridgehead atoms. The van der Waals surface area contributed by atoms with Crippen molar-refractivity contribution in [2.24, 2.45) is 35.5 Å². The Hall–Kier alpha value is -4.20. The van der Waals surface area contributed by atoms with E-state index < -0.39 is 132 Å². The summed E-state index contributed by atoms with van der Waals surface area (Å²) in [5.74, 6) is -38.1. The molecule has 2 aliphatic heterocycles. The molecule has 6 atom stereocenters. The van der Waals surface area contributed by atoms with E-state index in [1.807, 2.05) is 0 Å². The Labute approximate surface area is 356 Å². The molecule has 6 unspecified atom stereocenters. The molecule has 1 saturated carbocycles. The van der Waals surface area contributed by atoms with Crippen LogP contribution in [-0.2, 0) is 57.3 Å². The molecule has 2 heterocycles. The number of alkyl halides is 6. The van der Waals surface area contributed by atoms with E-state index in [4.69, 9.17) is 18.9 Å². The number of hydrogen-bond donors (Lipinski definition) is 0. The Kier molecular flexibility index (Phi) is 14.2. The largest absolute Gasteiger partial charge is 0.465 e. The SMILES string of the molecule is CCOC(=O)C(C(C)=O)C(C1=CC2=C3C(=C4C=C(C(C(C(C)=O)C(=O)OCC)C(C(C)=O)C(=O)OCC)SC4(C)C2(C)S1)C(F)(F)C(F)(F)C3(F)F)C(C(C)=O)C(=O)OCC. The van der Waals surface area contributed by atoms with Gasteiger partial charge in [-0.2, -0.15) is 26.3 Å². The van der Waals surface area contributed by atoms with E-state index in [1.165, 1.54) is 41.5 Å². The van der Waals surface area contributed by atoms with Gasteiger partial charge >= 0.3 is 41.6 Å².